The molecule has 2 unspecified atom stereocenters. The lowest BCUT2D eigenvalue weighted by molar-refractivity contribution is -0.137. The normalized spacial score (nSPS) is 26.4. The topological polar surface area (TPSA) is 32.3 Å². The number of piperidine rings is 1. The Balaban J connectivity index is 1.46. The average Bonchev–Trinajstić information content (AvgIpc) is 3.40. The number of rotatable bonds is 2. The number of hydrogen-bond acceptors (Lipinski definition) is 2. The summed E-state index contributed by atoms with van der Waals surface area (Å²) in [5, 5.41) is 3.44. The van der Waals surface area contributed by atoms with Crippen molar-refractivity contribution in [3.8, 4) is 0 Å². The molecule has 0 radical (unpaired) electrons. The van der Waals surface area contributed by atoms with Crippen molar-refractivity contribution in [2.75, 3.05) is 13.1 Å². The molecule has 3 nitrogen and oxygen atoms in total. The maximum absolute atomic E-state index is 13.5. The maximum Gasteiger partial charge on any atom is 0.227 e. The summed E-state index contributed by atoms with van der Waals surface area (Å²) in [6.07, 6.45) is 4.33. The highest BCUT2D eigenvalue weighted by atomic mass is 16.2. The minimum Gasteiger partial charge on any atom is -0.331 e. The third-order valence-electron chi connectivity index (χ3n) is 6.80. The van der Waals surface area contributed by atoms with Gasteiger partial charge in [-0.05, 0) is 60.9 Å². The first-order chi connectivity index (χ1) is 12.8. The van der Waals surface area contributed by atoms with Crippen molar-refractivity contribution in [1.29, 1.82) is 0 Å². The zero-order valence-electron chi connectivity index (χ0n) is 15.2. The van der Waals surface area contributed by atoms with Gasteiger partial charge in [-0.25, -0.2) is 0 Å². The third kappa shape index (κ3) is 2.66. The van der Waals surface area contributed by atoms with E-state index in [0.717, 1.165) is 45.3 Å². The van der Waals surface area contributed by atoms with Gasteiger partial charge >= 0.3 is 0 Å². The van der Waals surface area contributed by atoms with Crippen molar-refractivity contribution in [2.24, 2.45) is 11.3 Å². The molecule has 3 heteroatoms. The van der Waals surface area contributed by atoms with Crippen molar-refractivity contribution in [3.63, 3.8) is 0 Å². The molecule has 1 saturated carbocycles. The summed E-state index contributed by atoms with van der Waals surface area (Å²) in [7, 11) is 0. The third-order valence-corrected chi connectivity index (χ3v) is 6.80. The Morgan fingerprint density at radius 1 is 0.962 bits per heavy atom. The van der Waals surface area contributed by atoms with Crippen LogP contribution in [0.15, 0.2) is 54.6 Å². The number of fused-ring (bicyclic) bond motifs is 1. The van der Waals surface area contributed by atoms with Gasteiger partial charge in [0.05, 0.1) is 6.04 Å². The standard InChI is InChI=1S/C23H26N2O/c26-22(20-15-23(20)10-12-24-13-11-23)25-16-19-9-5-4-8-18(19)14-21(25)17-6-2-1-3-7-17/h1-9,20-21,24H,10-16H2. The molecule has 1 spiro atoms. The van der Waals surface area contributed by atoms with E-state index in [1.54, 1.807) is 0 Å². The van der Waals surface area contributed by atoms with Gasteiger partial charge in [-0.1, -0.05) is 54.6 Å². The van der Waals surface area contributed by atoms with E-state index in [0.29, 0.717) is 11.3 Å². The van der Waals surface area contributed by atoms with Crippen LogP contribution in [0, 0.1) is 11.3 Å². The van der Waals surface area contributed by atoms with E-state index in [2.05, 4.69) is 64.8 Å². The summed E-state index contributed by atoms with van der Waals surface area (Å²) in [6.45, 7) is 2.88. The van der Waals surface area contributed by atoms with Crippen molar-refractivity contribution in [2.45, 2.75) is 38.3 Å². The Bertz CT molecular complexity index is 810. The SMILES string of the molecule is O=C(C1CC12CCNCC2)N1Cc2ccccc2CC1c1ccccc1. The Morgan fingerprint density at radius 3 is 2.42 bits per heavy atom. The summed E-state index contributed by atoms with van der Waals surface area (Å²) in [5.41, 5.74) is 4.25. The minimum absolute atomic E-state index is 0.165. The fourth-order valence-electron chi connectivity index (χ4n) is 5.10. The second kappa shape index (κ2) is 6.24. The summed E-state index contributed by atoms with van der Waals surface area (Å²) < 4.78 is 0. The van der Waals surface area contributed by atoms with Crippen LogP contribution in [0.4, 0.5) is 0 Å². The summed E-state index contributed by atoms with van der Waals surface area (Å²) in [4.78, 5) is 15.7. The van der Waals surface area contributed by atoms with Gasteiger partial charge in [0.25, 0.3) is 0 Å². The van der Waals surface area contributed by atoms with Gasteiger partial charge in [-0.3, -0.25) is 4.79 Å². The number of nitrogens with zero attached hydrogens (tertiary/aromatic N) is 1. The predicted octanol–water partition coefficient (Wildman–Crippen LogP) is 3.70. The minimum atomic E-state index is 0.165. The molecule has 2 aromatic carbocycles. The first-order valence-corrected chi connectivity index (χ1v) is 9.90. The van der Waals surface area contributed by atoms with Crippen LogP contribution >= 0.6 is 0 Å². The molecule has 1 saturated heterocycles. The average molecular weight is 346 g/mol. The van der Waals surface area contributed by atoms with Gasteiger partial charge in [0.15, 0.2) is 0 Å². The largest absolute Gasteiger partial charge is 0.331 e. The molecule has 0 aromatic heterocycles. The van der Waals surface area contributed by atoms with Crippen LogP contribution in [0.3, 0.4) is 0 Å². The molecular formula is C23H26N2O. The Hall–Kier alpha value is -2.13. The van der Waals surface area contributed by atoms with Crippen molar-refractivity contribution in [3.05, 3.63) is 71.3 Å². The molecule has 2 heterocycles. The number of amides is 1. The van der Waals surface area contributed by atoms with Crippen LogP contribution in [0.25, 0.3) is 0 Å². The lowest BCUT2D eigenvalue weighted by atomic mass is 9.88. The fourth-order valence-corrected chi connectivity index (χ4v) is 5.10. The smallest absolute Gasteiger partial charge is 0.227 e. The molecular weight excluding hydrogens is 320 g/mol. The van der Waals surface area contributed by atoms with E-state index in [1.807, 2.05) is 0 Å². The van der Waals surface area contributed by atoms with Gasteiger partial charge in [-0.2, -0.15) is 0 Å². The molecule has 2 fully saturated rings. The molecule has 2 aliphatic heterocycles. The van der Waals surface area contributed by atoms with Gasteiger partial charge in [-0.15, -0.1) is 0 Å². The number of hydrogen-bond donors (Lipinski definition) is 1. The van der Waals surface area contributed by atoms with E-state index >= 15 is 0 Å². The number of nitrogens with one attached hydrogen (secondary N) is 1. The fraction of sp³-hybridized carbons (Fsp3) is 0.435. The van der Waals surface area contributed by atoms with Gasteiger partial charge in [0.1, 0.15) is 0 Å². The lowest BCUT2D eigenvalue weighted by Crippen LogP contribution is -2.41. The van der Waals surface area contributed by atoms with Crippen LogP contribution in [0.1, 0.15) is 42.0 Å². The Kier molecular flexibility index (Phi) is 3.86. The van der Waals surface area contributed by atoms with Crippen molar-refractivity contribution >= 4 is 5.91 Å². The van der Waals surface area contributed by atoms with Crippen LogP contribution < -0.4 is 5.32 Å². The van der Waals surface area contributed by atoms with E-state index < -0.39 is 0 Å². The van der Waals surface area contributed by atoms with E-state index in [4.69, 9.17) is 0 Å². The molecule has 2 atom stereocenters. The van der Waals surface area contributed by atoms with E-state index in [9.17, 15) is 4.79 Å². The molecule has 1 N–H and O–H groups in total. The Labute approximate surface area is 155 Å². The van der Waals surface area contributed by atoms with Crippen molar-refractivity contribution in [1.82, 2.24) is 10.2 Å². The first-order valence-electron chi connectivity index (χ1n) is 9.90. The molecule has 0 bridgehead atoms. The molecule has 1 amide bonds. The van der Waals surface area contributed by atoms with E-state index in [1.165, 1.54) is 16.7 Å². The Morgan fingerprint density at radius 2 is 1.65 bits per heavy atom. The quantitative estimate of drug-likeness (QED) is 0.899. The molecule has 1 aliphatic carbocycles. The molecule has 3 aliphatic rings. The molecule has 26 heavy (non-hydrogen) atoms. The highest BCUT2D eigenvalue weighted by Crippen LogP contribution is 2.59. The van der Waals surface area contributed by atoms with Gasteiger partial charge < -0.3 is 10.2 Å². The van der Waals surface area contributed by atoms with Gasteiger partial charge in [0, 0.05) is 12.5 Å². The van der Waals surface area contributed by atoms with Crippen LogP contribution in [0.5, 0.6) is 0 Å². The number of carbonyl (C=O) groups is 1. The zero-order valence-corrected chi connectivity index (χ0v) is 15.2. The first kappa shape index (κ1) is 16.1. The van der Waals surface area contributed by atoms with Gasteiger partial charge in [0.2, 0.25) is 5.91 Å². The lowest BCUT2D eigenvalue weighted by Gasteiger charge is -2.38. The monoisotopic (exact) mass is 346 g/mol. The highest BCUT2D eigenvalue weighted by Gasteiger charge is 2.59. The predicted molar refractivity (Wildman–Crippen MR) is 103 cm³/mol. The second-order valence-electron chi connectivity index (χ2n) is 8.23. The number of benzene rings is 2. The zero-order chi connectivity index (χ0) is 17.6. The summed E-state index contributed by atoms with van der Waals surface area (Å²) in [6, 6.07) is 19.4. The van der Waals surface area contributed by atoms with E-state index in [-0.39, 0.29) is 12.0 Å². The maximum atomic E-state index is 13.5. The molecule has 2 aromatic rings. The molecule has 134 valence electrons. The van der Waals surface area contributed by atoms with Crippen LogP contribution in [-0.4, -0.2) is 23.9 Å². The summed E-state index contributed by atoms with van der Waals surface area (Å²) in [5.74, 6) is 0.622. The van der Waals surface area contributed by atoms with Crippen LogP contribution in [-0.2, 0) is 17.8 Å². The highest BCUT2D eigenvalue weighted by molar-refractivity contribution is 5.83. The van der Waals surface area contributed by atoms with Crippen molar-refractivity contribution < 1.29 is 4.79 Å². The second-order valence-corrected chi connectivity index (χ2v) is 8.23. The number of carbonyl (C=O) groups excluding carboxylic acids is 1. The van der Waals surface area contributed by atoms with Crippen LogP contribution in [0.2, 0.25) is 0 Å². The summed E-state index contributed by atoms with van der Waals surface area (Å²) >= 11 is 0. The molecule has 5 rings (SSSR count).